The minimum absolute atomic E-state index is 0.0263. The Balaban J connectivity index is 1.80. The molecule has 5 rings (SSSR count). The van der Waals surface area contributed by atoms with Crippen molar-refractivity contribution in [2.45, 2.75) is 24.3 Å². The molecule has 30 heavy (non-hydrogen) atoms. The molecule has 1 aliphatic carbocycles. The Labute approximate surface area is 171 Å². The molecule has 156 valence electrons. The van der Waals surface area contributed by atoms with E-state index in [2.05, 4.69) is 9.98 Å². The van der Waals surface area contributed by atoms with Crippen LogP contribution in [0.4, 0.5) is 26.3 Å². The van der Waals surface area contributed by atoms with Crippen molar-refractivity contribution >= 4 is 23.2 Å². The molecule has 2 aromatic rings. The predicted octanol–water partition coefficient (Wildman–Crippen LogP) is 6.34. The van der Waals surface area contributed by atoms with Gasteiger partial charge < -0.3 is 4.74 Å². The van der Waals surface area contributed by atoms with Gasteiger partial charge in [-0.05, 0) is 48.0 Å². The summed E-state index contributed by atoms with van der Waals surface area (Å²) in [5.74, 6) is -0.802. The zero-order chi connectivity index (χ0) is 21.7. The molecule has 0 N–H and O–H groups in total. The SMILES string of the molecule is FC(F)(F)C1=NC2=CC(c3cccc(C(F)(F)F)c3)(C2)N=C1Oc1ccc(Cl)cc1. The van der Waals surface area contributed by atoms with Gasteiger partial charge in [-0.15, -0.1) is 0 Å². The summed E-state index contributed by atoms with van der Waals surface area (Å²) in [5, 5.41) is 0.349. The minimum atomic E-state index is -4.88. The van der Waals surface area contributed by atoms with E-state index in [4.69, 9.17) is 16.3 Å². The van der Waals surface area contributed by atoms with Gasteiger partial charge in [0.15, 0.2) is 0 Å². The molecular formula is C20H11ClF6N2O. The first kappa shape index (κ1) is 20.5. The van der Waals surface area contributed by atoms with E-state index in [1.807, 2.05) is 0 Å². The van der Waals surface area contributed by atoms with Gasteiger partial charge in [0, 0.05) is 17.1 Å². The molecule has 0 amide bonds. The zero-order valence-corrected chi connectivity index (χ0v) is 15.6. The number of hydrogen-bond acceptors (Lipinski definition) is 3. The molecule has 1 unspecified atom stereocenters. The van der Waals surface area contributed by atoms with Crippen molar-refractivity contribution in [1.29, 1.82) is 0 Å². The summed E-state index contributed by atoms with van der Waals surface area (Å²) in [5.41, 5.74) is -3.55. The summed E-state index contributed by atoms with van der Waals surface area (Å²) in [4.78, 5) is 7.70. The molecule has 1 atom stereocenters. The molecule has 0 saturated heterocycles. The van der Waals surface area contributed by atoms with Crippen LogP contribution >= 0.6 is 11.6 Å². The van der Waals surface area contributed by atoms with Gasteiger partial charge >= 0.3 is 12.4 Å². The highest BCUT2D eigenvalue weighted by atomic mass is 35.5. The third-order valence-corrected chi connectivity index (χ3v) is 4.85. The maximum absolute atomic E-state index is 13.6. The molecule has 2 bridgehead atoms. The molecule has 0 radical (unpaired) electrons. The van der Waals surface area contributed by atoms with Gasteiger partial charge in [0.1, 0.15) is 11.3 Å². The fourth-order valence-electron chi connectivity index (χ4n) is 3.18. The van der Waals surface area contributed by atoms with Gasteiger partial charge in [0.05, 0.1) is 5.56 Å². The van der Waals surface area contributed by atoms with Crippen molar-refractivity contribution in [3.8, 4) is 5.75 Å². The molecule has 0 spiro atoms. The van der Waals surface area contributed by atoms with E-state index in [-0.39, 0.29) is 23.4 Å². The molecule has 0 fully saturated rings. The van der Waals surface area contributed by atoms with E-state index in [0.717, 1.165) is 12.1 Å². The minimum Gasteiger partial charge on any atom is -0.437 e. The van der Waals surface area contributed by atoms with Gasteiger partial charge in [-0.2, -0.15) is 26.3 Å². The maximum Gasteiger partial charge on any atom is 0.438 e. The van der Waals surface area contributed by atoms with Crippen molar-refractivity contribution in [2.75, 3.05) is 0 Å². The van der Waals surface area contributed by atoms with Gasteiger partial charge in [-0.1, -0.05) is 23.7 Å². The van der Waals surface area contributed by atoms with Crippen LogP contribution in [0.2, 0.25) is 5.02 Å². The van der Waals surface area contributed by atoms with Crippen molar-refractivity contribution in [2.24, 2.45) is 9.98 Å². The van der Waals surface area contributed by atoms with Crippen molar-refractivity contribution in [3.63, 3.8) is 0 Å². The Bertz CT molecular complexity index is 1090. The Morgan fingerprint density at radius 2 is 1.60 bits per heavy atom. The van der Waals surface area contributed by atoms with Crippen molar-refractivity contribution < 1.29 is 31.1 Å². The molecule has 2 aliphatic heterocycles. The first-order valence-electron chi connectivity index (χ1n) is 8.55. The molecule has 2 heterocycles. The lowest BCUT2D eigenvalue weighted by molar-refractivity contribution is -0.137. The van der Waals surface area contributed by atoms with E-state index in [1.54, 1.807) is 0 Å². The number of halogens is 7. The van der Waals surface area contributed by atoms with E-state index >= 15 is 0 Å². The van der Waals surface area contributed by atoms with Gasteiger partial charge in [-0.25, -0.2) is 9.98 Å². The third kappa shape index (κ3) is 3.81. The molecule has 3 nitrogen and oxygen atoms in total. The van der Waals surface area contributed by atoms with Crippen LogP contribution < -0.4 is 4.74 Å². The van der Waals surface area contributed by atoms with Crippen LogP contribution in [0.1, 0.15) is 17.5 Å². The number of benzene rings is 2. The Kier molecular flexibility index (Phi) is 4.68. The second kappa shape index (κ2) is 6.87. The van der Waals surface area contributed by atoms with E-state index < -0.39 is 35.1 Å². The largest absolute Gasteiger partial charge is 0.438 e. The maximum atomic E-state index is 13.6. The highest BCUT2D eigenvalue weighted by Gasteiger charge is 2.49. The number of fused-ring (bicyclic) bond motifs is 1. The number of aliphatic imine (C=N–C) groups is 2. The summed E-state index contributed by atoms with van der Waals surface area (Å²) < 4.78 is 85.5. The Morgan fingerprint density at radius 3 is 2.20 bits per heavy atom. The molecular weight excluding hydrogens is 434 g/mol. The van der Waals surface area contributed by atoms with E-state index in [0.29, 0.717) is 5.02 Å². The molecule has 3 aliphatic rings. The molecule has 0 saturated carbocycles. The first-order valence-corrected chi connectivity index (χ1v) is 8.93. The van der Waals surface area contributed by atoms with Crippen molar-refractivity contribution in [3.05, 3.63) is 76.5 Å². The summed E-state index contributed by atoms with van der Waals surface area (Å²) >= 11 is 5.78. The number of rotatable bonds is 2. The standard InChI is InChI=1S/C20H11ClF6N2O/c21-13-4-6-15(7-5-13)30-17-16(20(25,26)27)28-14-9-18(10-14,29-17)11-2-1-3-12(8-11)19(22,23)24/h1-9H,10H2. The fraction of sp³-hybridized carbons (Fsp3) is 0.200. The lowest BCUT2D eigenvalue weighted by Gasteiger charge is -2.34. The quantitative estimate of drug-likeness (QED) is 0.498. The highest BCUT2D eigenvalue weighted by molar-refractivity contribution is 6.42. The number of ether oxygens (including phenoxy) is 1. The second-order valence-electron chi connectivity index (χ2n) is 6.75. The highest BCUT2D eigenvalue weighted by Crippen LogP contribution is 2.47. The smallest absolute Gasteiger partial charge is 0.437 e. The lowest BCUT2D eigenvalue weighted by atomic mass is 9.77. The topological polar surface area (TPSA) is 34.0 Å². The van der Waals surface area contributed by atoms with E-state index in [9.17, 15) is 26.3 Å². The molecule has 10 heteroatoms. The van der Waals surface area contributed by atoms with Crippen LogP contribution in [0.5, 0.6) is 5.75 Å². The summed E-state index contributed by atoms with van der Waals surface area (Å²) in [6.07, 6.45) is -8.25. The number of alkyl halides is 6. The summed E-state index contributed by atoms with van der Waals surface area (Å²) in [6, 6.07) is 9.85. The zero-order valence-electron chi connectivity index (χ0n) is 14.9. The Morgan fingerprint density at radius 1 is 0.933 bits per heavy atom. The van der Waals surface area contributed by atoms with Crippen LogP contribution in [0.15, 0.2) is 70.3 Å². The lowest BCUT2D eigenvalue weighted by Crippen LogP contribution is -2.35. The van der Waals surface area contributed by atoms with Gasteiger partial charge in [0.25, 0.3) is 0 Å². The van der Waals surface area contributed by atoms with Crippen LogP contribution in [0.25, 0.3) is 0 Å². The molecule has 0 aromatic heterocycles. The fourth-order valence-corrected chi connectivity index (χ4v) is 3.30. The van der Waals surface area contributed by atoms with Crippen molar-refractivity contribution in [1.82, 2.24) is 0 Å². The summed E-state index contributed by atoms with van der Waals surface area (Å²) in [7, 11) is 0. The van der Waals surface area contributed by atoms with Crippen LogP contribution in [0.3, 0.4) is 0 Å². The second-order valence-corrected chi connectivity index (χ2v) is 7.18. The summed E-state index contributed by atoms with van der Waals surface area (Å²) in [6.45, 7) is 0. The monoisotopic (exact) mass is 444 g/mol. The normalized spacial score (nSPS) is 21.1. The van der Waals surface area contributed by atoms with Gasteiger partial charge in [-0.3, -0.25) is 0 Å². The average molecular weight is 445 g/mol. The van der Waals surface area contributed by atoms with Crippen LogP contribution in [0, 0.1) is 0 Å². The predicted molar refractivity (Wildman–Crippen MR) is 98.8 cm³/mol. The van der Waals surface area contributed by atoms with Crippen LogP contribution in [-0.2, 0) is 11.7 Å². The molecule has 2 aromatic carbocycles. The Hall–Kier alpha value is -2.81. The average Bonchev–Trinajstić information content (AvgIpc) is 2.89. The number of nitrogens with zero attached hydrogens (tertiary/aromatic N) is 2. The first-order chi connectivity index (χ1) is 14.0. The van der Waals surface area contributed by atoms with E-state index in [1.165, 1.54) is 42.5 Å². The van der Waals surface area contributed by atoms with Gasteiger partial charge in [0.2, 0.25) is 11.6 Å². The third-order valence-electron chi connectivity index (χ3n) is 4.60. The number of hydrogen-bond donors (Lipinski definition) is 0. The van der Waals surface area contributed by atoms with Crippen LogP contribution in [-0.4, -0.2) is 17.8 Å².